The number of piperazine rings is 1. The largest absolute Gasteiger partial charge is 0.350 e. The van der Waals surface area contributed by atoms with Gasteiger partial charge in [0.2, 0.25) is 17.8 Å². The maximum atomic E-state index is 13.8. The number of hydrogen-bond acceptors (Lipinski definition) is 6. The van der Waals surface area contributed by atoms with Gasteiger partial charge in [0.25, 0.3) is 5.56 Å². The molecule has 0 radical (unpaired) electrons. The topological polar surface area (TPSA) is 133 Å². The summed E-state index contributed by atoms with van der Waals surface area (Å²) in [6, 6.07) is 10.7. The molecule has 1 aliphatic heterocycles. The monoisotopic (exact) mass is 680 g/mol. The molecular formula is C34H42Cl2N8O3. The molecule has 4 N–H and O–H groups in total. The second kappa shape index (κ2) is 13.0. The smallest absolute Gasteiger partial charge is 0.262 e. The van der Waals surface area contributed by atoms with E-state index in [1.807, 2.05) is 24.0 Å². The molecule has 7 rings (SSSR count). The van der Waals surface area contributed by atoms with Crippen molar-refractivity contribution in [3.8, 4) is 0 Å². The van der Waals surface area contributed by atoms with E-state index in [0.29, 0.717) is 68.7 Å². The average Bonchev–Trinajstić information content (AvgIpc) is 3.00. The van der Waals surface area contributed by atoms with Gasteiger partial charge in [0, 0.05) is 41.8 Å². The number of benzene rings is 2. The number of halogens is 2. The lowest BCUT2D eigenvalue weighted by Gasteiger charge is -2.61. The number of anilines is 2. The molecule has 3 saturated carbocycles. The zero-order valence-electron chi connectivity index (χ0n) is 27.4. The molecule has 47 heavy (non-hydrogen) atoms. The number of amides is 2. The summed E-state index contributed by atoms with van der Waals surface area (Å²) in [5.41, 5.74) is 7.35. The molecule has 2 heterocycles. The van der Waals surface area contributed by atoms with Crippen molar-refractivity contribution in [1.29, 1.82) is 0 Å². The minimum Gasteiger partial charge on any atom is -0.350 e. The fourth-order valence-corrected chi connectivity index (χ4v) is 8.07. The molecule has 250 valence electrons. The molecule has 11 nitrogen and oxygen atoms in total. The van der Waals surface area contributed by atoms with E-state index in [2.05, 4.69) is 42.3 Å². The van der Waals surface area contributed by atoms with Crippen LogP contribution in [0.1, 0.15) is 53.0 Å². The first-order chi connectivity index (χ1) is 22.3. The van der Waals surface area contributed by atoms with E-state index in [1.165, 1.54) is 17.9 Å². The van der Waals surface area contributed by atoms with Crippen LogP contribution in [0.2, 0.25) is 10.0 Å². The van der Waals surface area contributed by atoms with Crippen molar-refractivity contribution >= 4 is 63.5 Å². The summed E-state index contributed by atoms with van der Waals surface area (Å²) < 4.78 is 1.48. The van der Waals surface area contributed by atoms with Gasteiger partial charge in [0.05, 0.1) is 23.5 Å². The van der Waals surface area contributed by atoms with Gasteiger partial charge in [0.15, 0.2) is 5.96 Å². The lowest BCUT2D eigenvalue weighted by Crippen LogP contribution is -2.58. The van der Waals surface area contributed by atoms with Gasteiger partial charge in [-0.25, -0.2) is 9.98 Å². The van der Waals surface area contributed by atoms with Gasteiger partial charge < -0.3 is 15.5 Å². The predicted octanol–water partition coefficient (Wildman–Crippen LogP) is 5.07. The third kappa shape index (κ3) is 6.78. The number of aromatic nitrogens is 2. The first kappa shape index (κ1) is 33.1. The van der Waals surface area contributed by atoms with Gasteiger partial charge in [-0.15, -0.1) is 0 Å². The first-order valence-corrected chi connectivity index (χ1v) is 17.0. The molecule has 13 heteroatoms. The van der Waals surface area contributed by atoms with E-state index < -0.39 is 0 Å². The Labute approximate surface area is 284 Å². The first-order valence-electron chi connectivity index (χ1n) is 16.2. The summed E-state index contributed by atoms with van der Waals surface area (Å²) in [6.45, 7) is 11.5. The van der Waals surface area contributed by atoms with Crippen LogP contribution in [0.3, 0.4) is 0 Å². The van der Waals surface area contributed by atoms with Crippen LogP contribution in [-0.4, -0.2) is 57.4 Å². The molecule has 3 aromatic rings. The quantitative estimate of drug-likeness (QED) is 0.156. The number of aryl methyl sites for hydroxylation is 1. The number of nitrogens with zero attached hydrogens (tertiary/aromatic N) is 4. The van der Waals surface area contributed by atoms with Gasteiger partial charge >= 0.3 is 0 Å². The number of carbonyl (C=O) groups is 2. The summed E-state index contributed by atoms with van der Waals surface area (Å²) in [5.74, 6) is 2.13. The van der Waals surface area contributed by atoms with Crippen LogP contribution in [0.4, 0.5) is 11.6 Å². The van der Waals surface area contributed by atoms with E-state index in [-0.39, 0.29) is 48.5 Å². The fourth-order valence-electron chi connectivity index (χ4n) is 7.57. The SMILES string of the molecule is CC(=O)NNc1nc2cc(NC(=N[C@H]3CC4C[C@H](C3C)C4(C)C)N3CC(=O)N[C@@H](C)C3)ccc2c(=O)n1CCc1ccc(Cl)cc1Cl. The summed E-state index contributed by atoms with van der Waals surface area (Å²) >= 11 is 12.5. The van der Waals surface area contributed by atoms with Crippen molar-refractivity contribution in [2.75, 3.05) is 23.8 Å². The van der Waals surface area contributed by atoms with E-state index >= 15 is 0 Å². The standard InChI is InChI=1S/C34H42Cl2N8O3/c1-18-16-43(17-30(46)37-18)32(39-28-13-22-12-26(19(28)2)34(22,4)5)38-24-8-9-25-29(15-24)40-33(42-41-20(3)45)44(31(25)47)11-10-21-6-7-23(35)14-27(21)36/h6-9,14-15,18-19,22,26,28H,10-13,16-17H2,1-5H3,(H,37,46)(H,38,39)(H,40,42)(H,41,45)/t18-,19?,22?,26+,28-/m0/s1. The fraction of sp³-hybridized carbons (Fsp3) is 0.500. The van der Waals surface area contributed by atoms with Crippen molar-refractivity contribution < 1.29 is 9.59 Å². The number of carbonyl (C=O) groups excluding carboxylic acids is 2. The lowest BCUT2D eigenvalue weighted by atomic mass is 9.45. The van der Waals surface area contributed by atoms with Crippen molar-refractivity contribution in [2.24, 2.45) is 28.2 Å². The molecule has 4 aliphatic rings. The summed E-state index contributed by atoms with van der Waals surface area (Å²) in [4.78, 5) is 50.2. The number of hydrogen-bond donors (Lipinski definition) is 4. The highest BCUT2D eigenvalue weighted by molar-refractivity contribution is 6.35. The Balaban J connectivity index is 1.33. The Bertz CT molecular complexity index is 1810. The molecule has 2 bridgehead atoms. The molecule has 0 spiro atoms. The molecule has 3 aliphatic carbocycles. The van der Waals surface area contributed by atoms with Crippen LogP contribution < -0.4 is 27.0 Å². The van der Waals surface area contributed by atoms with Gasteiger partial charge in [-0.1, -0.05) is 50.0 Å². The lowest BCUT2D eigenvalue weighted by molar-refractivity contribution is -0.124. The Hall–Kier alpha value is -3.83. The minimum atomic E-state index is -0.333. The molecule has 4 fully saturated rings. The van der Waals surface area contributed by atoms with Crippen molar-refractivity contribution in [3.63, 3.8) is 0 Å². The van der Waals surface area contributed by atoms with E-state index in [0.717, 1.165) is 12.0 Å². The van der Waals surface area contributed by atoms with Crippen LogP contribution in [0.5, 0.6) is 0 Å². The second-order valence-electron chi connectivity index (χ2n) is 13.9. The molecule has 1 aromatic heterocycles. The van der Waals surface area contributed by atoms with Gasteiger partial charge in [-0.05, 0) is 85.3 Å². The van der Waals surface area contributed by atoms with Crippen molar-refractivity contribution in [2.45, 2.75) is 72.5 Å². The van der Waals surface area contributed by atoms with Gasteiger partial charge in [-0.2, -0.15) is 0 Å². The average molecular weight is 682 g/mol. The maximum Gasteiger partial charge on any atom is 0.262 e. The van der Waals surface area contributed by atoms with Crippen LogP contribution in [0.25, 0.3) is 10.9 Å². The van der Waals surface area contributed by atoms with Gasteiger partial charge in [0.1, 0.15) is 0 Å². The molecule has 5 atom stereocenters. The Morgan fingerprint density at radius 1 is 1.13 bits per heavy atom. The molecule has 1 saturated heterocycles. The summed E-state index contributed by atoms with van der Waals surface area (Å²) in [5, 5.41) is 7.94. The molecular weight excluding hydrogens is 639 g/mol. The highest BCUT2D eigenvalue weighted by Crippen LogP contribution is 2.61. The number of rotatable bonds is 7. The minimum absolute atomic E-state index is 0.0266. The molecule has 2 amide bonds. The van der Waals surface area contributed by atoms with Crippen molar-refractivity contribution in [3.05, 3.63) is 62.4 Å². The van der Waals surface area contributed by atoms with Crippen LogP contribution >= 0.6 is 23.2 Å². The highest BCUT2D eigenvalue weighted by Gasteiger charge is 2.56. The number of nitrogens with one attached hydrogen (secondary N) is 4. The zero-order chi connectivity index (χ0) is 33.6. The third-order valence-corrected chi connectivity index (χ3v) is 10.9. The van der Waals surface area contributed by atoms with E-state index in [9.17, 15) is 14.4 Å². The molecule has 2 aromatic carbocycles. The van der Waals surface area contributed by atoms with Crippen LogP contribution in [-0.2, 0) is 22.6 Å². The Morgan fingerprint density at radius 3 is 2.60 bits per heavy atom. The third-order valence-electron chi connectivity index (χ3n) is 10.3. The van der Waals surface area contributed by atoms with E-state index in [4.69, 9.17) is 33.2 Å². The number of fused-ring (bicyclic) bond motifs is 3. The molecule has 2 unspecified atom stereocenters. The van der Waals surface area contributed by atoms with Crippen molar-refractivity contribution in [1.82, 2.24) is 25.2 Å². The Morgan fingerprint density at radius 2 is 1.91 bits per heavy atom. The van der Waals surface area contributed by atoms with E-state index in [1.54, 1.807) is 24.3 Å². The summed E-state index contributed by atoms with van der Waals surface area (Å²) in [6.07, 6.45) is 2.71. The normalized spacial score (nSPS) is 25.2. The Kier molecular flexibility index (Phi) is 9.15. The summed E-state index contributed by atoms with van der Waals surface area (Å²) in [7, 11) is 0. The predicted molar refractivity (Wildman–Crippen MR) is 187 cm³/mol. The number of hydrazine groups is 1. The highest BCUT2D eigenvalue weighted by atomic mass is 35.5. The van der Waals surface area contributed by atoms with Crippen LogP contribution in [0, 0.1) is 23.2 Å². The second-order valence-corrected chi connectivity index (χ2v) is 14.7. The zero-order valence-corrected chi connectivity index (χ0v) is 28.9. The maximum absolute atomic E-state index is 13.8. The number of guanidine groups is 1. The van der Waals surface area contributed by atoms with Gasteiger partial charge in [-0.3, -0.25) is 29.8 Å². The number of aliphatic imine (C=N–C) groups is 1. The van der Waals surface area contributed by atoms with Crippen LogP contribution in [0.15, 0.2) is 46.2 Å².